The minimum Gasteiger partial charge on any atom is -0.382 e. The number of nitrogens with zero attached hydrogens (tertiary/aromatic N) is 4. The van der Waals surface area contributed by atoms with Gasteiger partial charge in [-0.2, -0.15) is 5.26 Å². The molecule has 1 aliphatic heterocycles. The molecule has 1 fully saturated rings. The molecule has 8 heteroatoms. The van der Waals surface area contributed by atoms with Crippen LogP contribution in [0.25, 0.3) is 0 Å². The van der Waals surface area contributed by atoms with Crippen LogP contribution in [0, 0.1) is 17.2 Å². The highest BCUT2D eigenvalue weighted by molar-refractivity contribution is 6.35. The first-order valence-electron chi connectivity index (χ1n) is 7.90. The molecule has 7 nitrogen and oxygen atoms in total. The van der Waals surface area contributed by atoms with Crippen LogP contribution in [0.2, 0.25) is 5.02 Å². The highest BCUT2D eigenvalue weighted by Gasteiger charge is 2.27. The number of nitriles is 1. The smallest absolute Gasteiger partial charge is 0.227 e. The van der Waals surface area contributed by atoms with Crippen molar-refractivity contribution in [2.45, 2.75) is 12.8 Å². The SMILES string of the molecule is N#Cc1cccc(NC(=O)C2CCN(c3ncnc(N)c3Cl)CC2)c1. The molecule has 25 heavy (non-hydrogen) atoms. The zero-order valence-electron chi connectivity index (χ0n) is 13.4. The molecule has 128 valence electrons. The van der Waals surface area contributed by atoms with E-state index in [2.05, 4.69) is 21.4 Å². The summed E-state index contributed by atoms with van der Waals surface area (Å²) in [5.74, 6) is 0.724. The number of nitrogen functional groups attached to an aromatic ring is 1. The summed E-state index contributed by atoms with van der Waals surface area (Å²) in [6.07, 6.45) is 2.76. The summed E-state index contributed by atoms with van der Waals surface area (Å²) >= 11 is 6.16. The number of hydrogen-bond donors (Lipinski definition) is 2. The molecule has 0 unspecified atom stereocenters. The van der Waals surface area contributed by atoms with Crippen molar-refractivity contribution in [2.24, 2.45) is 5.92 Å². The minimum absolute atomic E-state index is 0.0389. The number of anilines is 3. The molecular weight excluding hydrogens is 340 g/mol. The maximum atomic E-state index is 12.4. The minimum atomic E-state index is -0.0973. The van der Waals surface area contributed by atoms with Crippen LogP contribution in [0.4, 0.5) is 17.3 Å². The van der Waals surface area contributed by atoms with Crippen LogP contribution in [-0.2, 0) is 4.79 Å². The second-order valence-corrected chi connectivity index (χ2v) is 6.22. The van der Waals surface area contributed by atoms with Crippen molar-refractivity contribution >= 4 is 34.8 Å². The highest BCUT2D eigenvalue weighted by Crippen LogP contribution is 2.30. The second kappa shape index (κ2) is 7.36. The Morgan fingerprint density at radius 3 is 2.84 bits per heavy atom. The molecule has 0 bridgehead atoms. The molecule has 0 atom stereocenters. The zero-order chi connectivity index (χ0) is 17.8. The van der Waals surface area contributed by atoms with Gasteiger partial charge in [-0.1, -0.05) is 17.7 Å². The van der Waals surface area contributed by atoms with E-state index >= 15 is 0 Å². The van der Waals surface area contributed by atoms with Crippen molar-refractivity contribution in [3.8, 4) is 6.07 Å². The number of piperidine rings is 1. The third-order valence-corrected chi connectivity index (χ3v) is 4.59. The van der Waals surface area contributed by atoms with E-state index in [4.69, 9.17) is 22.6 Å². The molecule has 1 aliphatic rings. The van der Waals surface area contributed by atoms with E-state index in [-0.39, 0.29) is 17.6 Å². The van der Waals surface area contributed by atoms with Crippen LogP contribution < -0.4 is 16.0 Å². The molecule has 0 aliphatic carbocycles. The molecule has 3 N–H and O–H groups in total. The molecular formula is C17H17ClN6O. The molecule has 2 aromatic rings. The molecule has 2 heterocycles. The van der Waals surface area contributed by atoms with E-state index in [0.717, 1.165) is 0 Å². The molecule has 1 aromatic carbocycles. The van der Waals surface area contributed by atoms with Gasteiger partial charge in [-0.15, -0.1) is 0 Å². The summed E-state index contributed by atoms with van der Waals surface area (Å²) in [4.78, 5) is 22.5. The van der Waals surface area contributed by atoms with Gasteiger partial charge in [0.15, 0.2) is 5.82 Å². The van der Waals surface area contributed by atoms with Crippen molar-refractivity contribution in [3.63, 3.8) is 0 Å². The number of nitrogens with one attached hydrogen (secondary N) is 1. The van der Waals surface area contributed by atoms with Crippen LogP contribution >= 0.6 is 11.6 Å². The van der Waals surface area contributed by atoms with Crippen molar-refractivity contribution in [1.82, 2.24) is 9.97 Å². The van der Waals surface area contributed by atoms with Crippen LogP contribution in [0.3, 0.4) is 0 Å². The van der Waals surface area contributed by atoms with E-state index in [1.54, 1.807) is 24.3 Å². The fourth-order valence-electron chi connectivity index (χ4n) is 2.86. The molecule has 0 radical (unpaired) electrons. The first-order valence-corrected chi connectivity index (χ1v) is 8.28. The summed E-state index contributed by atoms with van der Waals surface area (Å²) in [5, 5.41) is 12.2. The van der Waals surface area contributed by atoms with Gasteiger partial charge in [0.05, 0.1) is 11.6 Å². The summed E-state index contributed by atoms with van der Waals surface area (Å²) in [5.41, 5.74) is 6.87. The van der Waals surface area contributed by atoms with Crippen molar-refractivity contribution in [3.05, 3.63) is 41.2 Å². The van der Waals surface area contributed by atoms with Gasteiger partial charge in [-0.05, 0) is 31.0 Å². The lowest BCUT2D eigenvalue weighted by molar-refractivity contribution is -0.120. The summed E-state index contributed by atoms with van der Waals surface area (Å²) < 4.78 is 0. The fraction of sp³-hybridized carbons (Fsp3) is 0.294. The maximum absolute atomic E-state index is 12.4. The van der Waals surface area contributed by atoms with Crippen LogP contribution in [0.15, 0.2) is 30.6 Å². The van der Waals surface area contributed by atoms with E-state index < -0.39 is 0 Å². The van der Waals surface area contributed by atoms with E-state index in [0.29, 0.717) is 48.0 Å². The van der Waals surface area contributed by atoms with Gasteiger partial charge in [0, 0.05) is 24.7 Å². The lowest BCUT2D eigenvalue weighted by Gasteiger charge is -2.32. The third kappa shape index (κ3) is 3.80. The number of halogens is 1. The molecule has 0 spiro atoms. The predicted octanol–water partition coefficient (Wildman–Crippen LogP) is 2.44. The molecule has 1 amide bonds. The van der Waals surface area contributed by atoms with Crippen molar-refractivity contribution in [1.29, 1.82) is 5.26 Å². The van der Waals surface area contributed by atoms with Gasteiger partial charge in [0.1, 0.15) is 17.2 Å². The number of carbonyl (C=O) groups is 1. The van der Waals surface area contributed by atoms with Gasteiger partial charge in [-0.3, -0.25) is 4.79 Å². The topological polar surface area (TPSA) is 108 Å². The quantitative estimate of drug-likeness (QED) is 0.874. The normalized spacial score (nSPS) is 14.8. The monoisotopic (exact) mass is 356 g/mol. The number of aromatic nitrogens is 2. The molecule has 3 rings (SSSR count). The first kappa shape index (κ1) is 17.0. The highest BCUT2D eigenvalue weighted by atomic mass is 35.5. The summed E-state index contributed by atoms with van der Waals surface area (Å²) in [7, 11) is 0. The maximum Gasteiger partial charge on any atom is 0.227 e. The van der Waals surface area contributed by atoms with Crippen LogP contribution in [-0.4, -0.2) is 29.0 Å². The Morgan fingerprint density at radius 2 is 2.12 bits per heavy atom. The van der Waals surface area contributed by atoms with Gasteiger partial charge < -0.3 is 16.0 Å². The van der Waals surface area contributed by atoms with Crippen molar-refractivity contribution in [2.75, 3.05) is 29.0 Å². The Kier molecular flexibility index (Phi) is 5.00. The van der Waals surface area contributed by atoms with Crippen molar-refractivity contribution < 1.29 is 4.79 Å². The number of carbonyl (C=O) groups excluding carboxylic acids is 1. The van der Waals surface area contributed by atoms with Crippen LogP contribution in [0.5, 0.6) is 0 Å². The number of benzene rings is 1. The Hall–Kier alpha value is -2.85. The standard InChI is InChI=1S/C17H17ClN6O/c18-14-15(20)21-10-22-16(14)24-6-4-12(5-7-24)17(25)23-13-3-1-2-11(8-13)9-19/h1-3,8,10,12H,4-7H2,(H,23,25)(H2,20,21,22). The van der Waals surface area contributed by atoms with Gasteiger partial charge >= 0.3 is 0 Å². The lowest BCUT2D eigenvalue weighted by Crippen LogP contribution is -2.38. The lowest BCUT2D eigenvalue weighted by atomic mass is 9.95. The van der Waals surface area contributed by atoms with E-state index in [1.165, 1.54) is 6.33 Å². The first-order chi connectivity index (χ1) is 12.1. The Balaban J connectivity index is 1.61. The second-order valence-electron chi connectivity index (χ2n) is 5.84. The average Bonchev–Trinajstić information content (AvgIpc) is 2.64. The van der Waals surface area contributed by atoms with Gasteiger partial charge in [0.25, 0.3) is 0 Å². The number of rotatable bonds is 3. The largest absolute Gasteiger partial charge is 0.382 e. The van der Waals surface area contributed by atoms with E-state index in [1.807, 2.05) is 4.90 Å². The number of hydrogen-bond acceptors (Lipinski definition) is 6. The zero-order valence-corrected chi connectivity index (χ0v) is 14.2. The number of amides is 1. The van der Waals surface area contributed by atoms with Gasteiger partial charge in [0.2, 0.25) is 5.91 Å². The third-order valence-electron chi connectivity index (χ3n) is 4.22. The molecule has 0 saturated carbocycles. The Bertz CT molecular complexity index is 826. The average molecular weight is 357 g/mol. The van der Waals surface area contributed by atoms with Gasteiger partial charge in [-0.25, -0.2) is 9.97 Å². The number of nitrogens with two attached hydrogens (primary N) is 1. The molecule has 1 saturated heterocycles. The summed E-state index contributed by atoms with van der Waals surface area (Å²) in [6.45, 7) is 1.32. The predicted molar refractivity (Wildman–Crippen MR) is 96.2 cm³/mol. The fourth-order valence-corrected chi connectivity index (χ4v) is 3.08. The Labute approximate surface area is 150 Å². The summed E-state index contributed by atoms with van der Waals surface area (Å²) in [6, 6.07) is 8.95. The van der Waals surface area contributed by atoms with Crippen LogP contribution in [0.1, 0.15) is 18.4 Å². The van der Waals surface area contributed by atoms with E-state index in [9.17, 15) is 4.79 Å². The molecule has 1 aromatic heterocycles. The Morgan fingerprint density at radius 1 is 1.36 bits per heavy atom.